The van der Waals surface area contributed by atoms with Crippen molar-refractivity contribution < 1.29 is 19.1 Å². The van der Waals surface area contributed by atoms with E-state index in [-0.39, 0.29) is 23.6 Å². The number of rotatable bonds is 13. The molecule has 1 aliphatic heterocycles. The number of nitrogens with one attached hydrogen (secondary N) is 4. The van der Waals surface area contributed by atoms with Crippen molar-refractivity contribution in [1.29, 1.82) is 0 Å². The van der Waals surface area contributed by atoms with Gasteiger partial charge in [0.25, 0.3) is 11.8 Å². The predicted molar refractivity (Wildman–Crippen MR) is 177 cm³/mol. The monoisotopic (exact) mass is 627 g/mol. The third-order valence-corrected chi connectivity index (χ3v) is 7.75. The lowest BCUT2D eigenvalue weighted by Gasteiger charge is -2.26. The lowest BCUT2D eigenvalue weighted by molar-refractivity contribution is 0.0398. The number of anilines is 4. The van der Waals surface area contributed by atoms with Gasteiger partial charge in [-0.2, -0.15) is 9.78 Å². The fraction of sp³-hybridized carbons (Fsp3) is 0.364. The summed E-state index contributed by atoms with van der Waals surface area (Å²) in [6, 6.07) is 16.6. The number of benzene rings is 2. The van der Waals surface area contributed by atoms with E-state index in [1.54, 1.807) is 37.0 Å². The van der Waals surface area contributed by atoms with E-state index in [9.17, 15) is 9.59 Å². The van der Waals surface area contributed by atoms with Crippen LogP contribution in [0.3, 0.4) is 0 Å². The second-order valence-electron chi connectivity index (χ2n) is 11.1. The van der Waals surface area contributed by atoms with E-state index in [1.165, 1.54) is 6.33 Å². The van der Waals surface area contributed by atoms with Gasteiger partial charge in [-0.3, -0.25) is 14.5 Å². The average Bonchev–Trinajstić information content (AvgIpc) is 3.50. The summed E-state index contributed by atoms with van der Waals surface area (Å²) in [5.74, 6) is 1.08. The number of morpholine rings is 1. The Bertz CT molecular complexity index is 1650. The standard InChI is InChI=1S/C33H41N9O4/c1-22-8-9-26(38-32(43)25-7-5-6-24(17-25)16-23(2)45-4)18-27(22)39-31-19-28(33(44)34-3)40-42(31)30-20-29(36-21-37-30)35-10-11-41-12-14-46-15-13-41/h5-9,17-21,23,39H,10-16H2,1-4H3,(H,34,44)(H,38,43)(H,35,36,37). The summed E-state index contributed by atoms with van der Waals surface area (Å²) in [5.41, 5.74) is 4.06. The van der Waals surface area contributed by atoms with Crippen LogP contribution in [0.4, 0.5) is 23.0 Å². The lowest BCUT2D eigenvalue weighted by atomic mass is 10.0. The lowest BCUT2D eigenvalue weighted by Crippen LogP contribution is -2.39. The zero-order chi connectivity index (χ0) is 32.5. The molecule has 2 aromatic heterocycles. The van der Waals surface area contributed by atoms with Gasteiger partial charge >= 0.3 is 0 Å². The SMILES string of the molecule is CNC(=O)c1cc(Nc2cc(NC(=O)c3cccc(CC(C)OC)c3)ccc2C)n(-c2cc(NCCN3CCOCC3)ncn2)n1. The van der Waals surface area contributed by atoms with Gasteiger partial charge in [-0.25, -0.2) is 9.97 Å². The van der Waals surface area contributed by atoms with Crippen molar-refractivity contribution >= 4 is 34.8 Å². The molecule has 4 N–H and O–H groups in total. The molecular formula is C33H41N9O4. The molecule has 0 saturated carbocycles. The summed E-state index contributed by atoms with van der Waals surface area (Å²) >= 11 is 0. The maximum Gasteiger partial charge on any atom is 0.271 e. The first-order valence-electron chi connectivity index (χ1n) is 15.3. The predicted octanol–water partition coefficient (Wildman–Crippen LogP) is 3.65. The Kier molecular flexibility index (Phi) is 10.9. The fourth-order valence-electron chi connectivity index (χ4n) is 5.04. The van der Waals surface area contributed by atoms with Gasteiger partial charge in [-0.1, -0.05) is 18.2 Å². The minimum atomic E-state index is -0.334. The van der Waals surface area contributed by atoms with Gasteiger partial charge in [0.1, 0.15) is 18.0 Å². The average molecular weight is 628 g/mol. The molecule has 0 radical (unpaired) electrons. The van der Waals surface area contributed by atoms with E-state index in [2.05, 4.69) is 41.2 Å². The molecule has 0 aliphatic carbocycles. The third kappa shape index (κ3) is 8.44. The molecule has 13 heteroatoms. The van der Waals surface area contributed by atoms with Crippen LogP contribution in [-0.4, -0.2) is 96.1 Å². The number of hydrogen-bond acceptors (Lipinski definition) is 10. The normalized spacial score (nSPS) is 14.0. The van der Waals surface area contributed by atoms with Gasteiger partial charge in [0.15, 0.2) is 11.5 Å². The van der Waals surface area contributed by atoms with Crippen LogP contribution < -0.4 is 21.3 Å². The number of amides is 2. The summed E-state index contributed by atoms with van der Waals surface area (Å²) in [5, 5.41) is 16.9. The molecule has 242 valence electrons. The van der Waals surface area contributed by atoms with Crippen molar-refractivity contribution in [2.75, 3.05) is 69.5 Å². The molecule has 0 bridgehead atoms. The van der Waals surface area contributed by atoms with Crippen molar-refractivity contribution in [3.8, 4) is 5.82 Å². The molecular weight excluding hydrogens is 586 g/mol. The molecule has 1 saturated heterocycles. The van der Waals surface area contributed by atoms with Crippen LogP contribution in [0.2, 0.25) is 0 Å². The van der Waals surface area contributed by atoms with Gasteiger partial charge in [-0.15, -0.1) is 0 Å². The molecule has 1 aliphatic rings. The topological polar surface area (TPSA) is 148 Å². The summed E-state index contributed by atoms with van der Waals surface area (Å²) in [6.07, 6.45) is 2.22. The molecule has 46 heavy (non-hydrogen) atoms. The Morgan fingerprint density at radius 1 is 1.04 bits per heavy atom. The zero-order valence-corrected chi connectivity index (χ0v) is 26.7. The van der Waals surface area contributed by atoms with Crippen LogP contribution in [0, 0.1) is 6.92 Å². The van der Waals surface area contributed by atoms with Gasteiger partial charge in [0.2, 0.25) is 0 Å². The quantitative estimate of drug-likeness (QED) is 0.173. The highest BCUT2D eigenvalue weighted by Gasteiger charge is 2.18. The van der Waals surface area contributed by atoms with Crippen LogP contribution in [0.5, 0.6) is 0 Å². The molecule has 3 heterocycles. The molecule has 0 spiro atoms. The zero-order valence-electron chi connectivity index (χ0n) is 26.7. The molecule has 4 aromatic rings. The molecule has 1 atom stereocenters. The van der Waals surface area contributed by atoms with Crippen LogP contribution in [-0.2, 0) is 15.9 Å². The van der Waals surface area contributed by atoms with Crippen molar-refractivity contribution in [3.63, 3.8) is 0 Å². The van der Waals surface area contributed by atoms with Gasteiger partial charge in [0, 0.05) is 69.4 Å². The summed E-state index contributed by atoms with van der Waals surface area (Å²) in [7, 11) is 3.23. The maximum absolute atomic E-state index is 13.2. The Hall–Kier alpha value is -4.85. The van der Waals surface area contributed by atoms with Crippen LogP contribution in [0.15, 0.2) is 60.9 Å². The smallest absolute Gasteiger partial charge is 0.271 e. The Balaban J connectivity index is 1.34. The van der Waals surface area contributed by atoms with Crippen LogP contribution >= 0.6 is 0 Å². The highest BCUT2D eigenvalue weighted by Crippen LogP contribution is 2.27. The summed E-state index contributed by atoms with van der Waals surface area (Å²) in [4.78, 5) is 36.9. The Labute approximate surface area is 268 Å². The van der Waals surface area contributed by atoms with E-state index in [0.717, 1.165) is 49.7 Å². The van der Waals surface area contributed by atoms with E-state index < -0.39 is 0 Å². The largest absolute Gasteiger partial charge is 0.381 e. The van der Waals surface area contributed by atoms with E-state index in [4.69, 9.17) is 9.47 Å². The molecule has 5 rings (SSSR count). The molecule has 2 aromatic carbocycles. The first-order valence-corrected chi connectivity index (χ1v) is 15.3. The fourth-order valence-corrected chi connectivity index (χ4v) is 5.04. The first-order chi connectivity index (χ1) is 22.3. The number of ether oxygens (including phenoxy) is 2. The van der Waals surface area contributed by atoms with Crippen molar-refractivity contribution in [2.45, 2.75) is 26.4 Å². The van der Waals surface area contributed by atoms with Gasteiger partial charge in [-0.05, 0) is 55.7 Å². The highest BCUT2D eigenvalue weighted by atomic mass is 16.5. The van der Waals surface area contributed by atoms with E-state index in [1.807, 2.05) is 50.2 Å². The highest BCUT2D eigenvalue weighted by molar-refractivity contribution is 6.04. The number of carbonyl (C=O) groups excluding carboxylic acids is 2. The minimum Gasteiger partial charge on any atom is -0.381 e. The summed E-state index contributed by atoms with van der Waals surface area (Å²) < 4.78 is 12.4. The number of nitrogens with zero attached hydrogens (tertiary/aromatic N) is 5. The van der Waals surface area contributed by atoms with Crippen molar-refractivity contribution in [2.24, 2.45) is 0 Å². The second kappa shape index (κ2) is 15.4. The molecule has 1 unspecified atom stereocenters. The maximum atomic E-state index is 13.2. The van der Waals surface area contributed by atoms with Crippen molar-refractivity contribution in [3.05, 3.63) is 83.3 Å². The number of carbonyl (C=O) groups is 2. The third-order valence-electron chi connectivity index (χ3n) is 7.75. The number of aromatic nitrogens is 4. The van der Waals surface area contributed by atoms with E-state index >= 15 is 0 Å². The summed E-state index contributed by atoms with van der Waals surface area (Å²) in [6.45, 7) is 8.83. The van der Waals surface area contributed by atoms with Gasteiger partial charge in [0.05, 0.1) is 19.3 Å². The molecule has 1 fully saturated rings. The van der Waals surface area contributed by atoms with Crippen LogP contribution in [0.25, 0.3) is 5.82 Å². The van der Waals surface area contributed by atoms with Crippen molar-refractivity contribution in [1.82, 2.24) is 30.0 Å². The Morgan fingerprint density at radius 3 is 2.65 bits per heavy atom. The minimum absolute atomic E-state index is 0.0481. The molecule has 13 nitrogen and oxygen atoms in total. The number of hydrogen-bond donors (Lipinski definition) is 4. The van der Waals surface area contributed by atoms with Gasteiger partial charge < -0.3 is 30.7 Å². The molecule has 2 amide bonds. The second-order valence-corrected chi connectivity index (χ2v) is 11.1. The Morgan fingerprint density at radius 2 is 1.87 bits per heavy atom. The first kappa shape index (κ1) is 32.5. The number of methoxy groups -OCH3 is 1. The number of aryl methyl sites for hydroxylation is 1. The van der Waals surface area contributed by atoms with Crippen LogP contribution in [0.1, 0.15) is 38.9 Å². The van der Waals surface area contributed by atoms with E-state index in [0.29, 0.717) is 41.7 Å².